The molecule has 142 valence electrons. The van der Waals surface area contributed by atoms with Crippen LogP contribution >= 0.6 is 23.1 Å². The molecule has 0 saturated carbocycles. The van der Waals surface area contributed by atoms with Crippen LogP contribution in [0.15, 0.2) is 29.3 Å². The van der Waals surface area contributed by atoms with Gasteiger partial charge in [-0.3, -0.25) is 9.59 Å². The van der Waals surface area contributed by atoms with Crippen LogP contribution in [0.5, 0.6) is 0 Å². The van der Waals surface area contributed by atoms with Gasteiger partial charge in [-0.2, -0.15) is 4.99 Å². The van der Waals surface area contributed by atoms with Crippen molar-refractivity contribution in [3.8, 4) is 12.3 Å². The molecule has 1 aromatic carbocycles. The number of para-hydroxylation sites is 1. The molecule has 1 unspecified atom stereocenters. The summed E-state index contributed by atoms with van der Waals surface area (Å²) in [5.74, 6) is 3.57. The van der Waals surface area contributed by atoms with Crippen LogP contribution in [0.25, 0.3) is 10.2 Å². The molecule has 2 heterocycles. The number of rotatable bonds is 5. The summed E-state index contributed by atoms with van der Waals surface area (Å²) >= 11 is 2.78. The van der Waals surface area contributed by atoms with Gasteiger partial charge in [-0.25, -0.2) is 0 Å². The number of thiazole rings is 1. The molecule has 1 aromatic heterocycles. The number of hydrogen-bond acceptors (Lipinski definition) is 4. The predicted molar refractivity (Wildman–Crippen MR) is 112 cm³/mol. The molecule has 0 N–H and O–H groups in total. The first-order valence-electron chi connectivity index (χ1n) is 9.03. The van der Waals surface area contributed by atoms with Gasteiger partial charge in [0.15, 0.2) is 4.80 Å². The molecule has 2 amide bonds. The molecule has 1 aliphatic rings. The lowest BCUT2D eigenvalue weighted by atomic mass is 10.0. The minimum absolute atomic E-state index is 0.114. The maximum atomic E-state index is 12.3. The van der Waals surface area contributed by atoms with Crippen molar-refractivity contribution in [2.24, 2.45) is 10.9 Å². The zero-order chi connectivity index (χ0) is 19.2. The number of thioether (sulfide) groups is 1. The third-order valence-electron chi connectivity index (χ3n) is 4.52. The van der Waals surface area contributed by atoms with Crippen molar-refractivity contribution >= 4 is 45.1 Å². The van der Waals surface area contributed by atoms with Gasteiger partial charge < -0.3 is 9.47 Å². The van der Waals surface area contributed by atoms with Crippen molar-refractivity contribution in [1.82, 2.24) is 9.47 Å². The van der Waals surface area contributed by atoms with E-state index in [4.69, 9.17) is 6.42 Å². The number of amides is 2. The summed E-state index contributed by atoms with van der Waals surface area (Å²) in [7, 11) is 0. The Balaban J connectivity index is 1.62. The van der Waals surface area contributed by atoms with Crippen molar-refractivity contribution in [2.45, 2.75) is 26.3 Å². The number of carbonyl (C=O) groups is 2. The van der Waals surface area contributed by atoms with E-state index in [0.717, 1.165) is 29.7 Å². The molecule has 1 fully saturated rings. The zero-order valence-electron chi connectivity index (χ0n) is 15.4. The Kier molecular flexibility index (Phi) is 6.75. The first-order chi connectivity index (χ1) is 13.1. The molecule has 1 saturated heterocycles. The molecule has 5 nitrogen and oxygen atoms in total. The van der Waals surface area contributed by atoms with Gasteiger partial charge in [0.05, 0.1) is 28.3 Å². The van der Waals surface area contributed by atoms with E-state index in [-0.39, 0.29) is 17.6 Å². The summed E-state index contributed by atoms with van der Waals surface area (Å²) in [6.07, 6.45) is 7.71. The Hall–Kier alpha value is -2.04. The molecule has 2 aromatic rings. The quantitative estimate of drug-likeness (QED) is 0.724. The summed E-state index contributed by atoms with van der Waals surface area (Å²) in [5.41, 5.74) is 0.981. The van der Waals surface area contributed by atoms with Crippen LogP contribution in [0.1, 0.15) is 19.8 Å². The second-order valence-electron chi connectivity index (χ2n) is 6.73. The van der Waals surface area contributed by atoms with E-state index in [1.54, 1.807) is 0 Å². The highest BCUT2D eigenvalue weighted by Gasteiger charge is 2.20. The lowest BCUT2D eigenvalue weighted by Crippen LogP contribution is -2.40. The van der Waals surface area contributed by atoms with Crippen LogP contribution in [0.4, 0.5) is 0 Å². The van der Waals surface area contributed by atoms with E-state index in [1.165, 1.54) is 29.5 Å². The summed E-state index contributed by atoms with van der Waals surface area (Å²) in [6, 6.07) is 7.85. The second-order valence-corrected chi connectivity index (χ2v) is 8.72. The number of hydrogen-bond donors (Lipinski definition) is 0. The van der Waals surface area contributed by atoms with Crippen molar-refractivity contribution in [1.29, 1.82) is 0 Å². The average molecular weight is 402 g/mol. The molecule has 7 heteroatoms. The number of piperidine rings is 1. The van der Waals surface area contributed by atoms with E-state index in [0.29, 0.717) is 23.0 Å². The SMILES string of the molecule is C#CCn1c(=NC(=O)CSCC(=O)N2CCCC(C)C2)sc2ccccc21. The molecule has 1 atom stereocenters. The van der Waals surface area contributed by atoms with Gasteiger partial charge >= 0.3 is 0 Å². The van der Waals surface area contributed by atoms with Crippen LogP contribution in [-0.2, 0) is 16.1 Å². The second kappa shape index (κ2) is 9.25. The standard InChI is InChI=1S/C20H23N3O2S2/c1-3-10-23-16-8-4-5-9-17(16)27-20(23)21-18(24)13-26-14-19(25)22-11-6-7-15(2)12-22/h1,4-5,8-9,15H,6-7,10-14H2,2H3. The number of terminal acetylenes is 1. The van der Waals surface area contributed by atoms with E-state index in [2.05, 4.69) is 17.8 Å². The Labute approximate surface area is 167 Å². The van der Waals surface area contributed by atoms with Gasteiger partial charge in [-0.1, -0.05) is 36.3 Å². The van der Waals surface area contributed by atoms with Crippen molar-refractivity contribution in [2.75, 3.05) is 24.6 Å². The monoisotopic (exact) mass is 401 g/mol. The number of benzene rings is 1. The van der Waals surface area contributed by atoms with Crippen LogP contribution in [-0.4, -0.2) is 45.9 Å². The van der Waals surface area contributed by atoms with Crippen LogP contribution in [0.2, 0.25) is 0 Å². The summed E-state index contributed by atoms with van der Waals surface area (Å²) in [6.45, 7) is 4.20. The van der Waals surface area contributed by atoms with Crippen molar-refractivity contribution in [3.05, 3.63) is 29.1 Å². The Morgan fingerprint density at radius 3 is 2.96 bits per heavy atom. The van der Waals surface area contributed by atoms with Gasteiger partial charge in [-0.15, -0.1) is 18.2 Å². The van der Waals surface area contributed by atoms with Crippen molar-refractivity contribution < 1.29 is 9.59 Å². The van der Waals surface area contributed by atoms with Crippen molar-refractivity contribution in [3.63, 3.8) is 0 Å². The third kappa shape index (κ3) is 5.02. The largest absolute Gasteiger partial charge is 0.342 e. The van der Waals surface area contributed by atoms with E-state index in [9.17, 15) is 9.59 Å². The van der Waals surface area contributed by atoms with E-state index < -0.39 is 0 Å². The smallest absolute Gasteiger partial charge is 0.258 e. The van der Waals surface area contributed by atoms with Gasteiger partial charge in [0.25, 0.3) is 5.91 Å². The number of aromatic nitrogens is 1. The van der Waals surface area contributed by atoms with Gasteiger partial charge in [0.1, 0.15) is 0 Å². The minimum atomic E-state index is -0.239. The maximum absolute atomic E-state index is 12.3. The van der Waals surface area contributed by atoms with Crippen LogP contribution in [0.3, 0.4) is 0 Å². The molecule has 27 heavy (non-hydrogen) atoms. The molecule has 0 aliphatic carbocycles. The summed E-state index contributed by atoms with van der Waals surface area (Å²) in [5, 5.41) is 0. The Bertz CT molecular complexity index is 939. The molecule has 1 aliphatic heterocycles. The number of likely N-dealkylation sites (tertiary alicyclic amines) is 1. The highest BCUT2D eigenvalue weighted by Crippen LogP contribution is 2.18. The summed E-state index contributed by atoms with van der Waals surface area (Å²) in [4.78, 5) is 31.3. The predicted octanol–water partition coefficient (Wildman–Crippen LogP) is 2.76. The average Bonchev–Trinajstić information content (AvgIpc) is 2.99. The van der Waals surface area contributed by atoms with E-state index >= 15 is 0 Å². The molecular formula is C20H23N3O2S2. The first-order valence-corrected chi connectivity index (χ1v) is 11.0. The normalized spacial score (nSPS) is 17.9. The first kappa shape index (κ1) is 19.7. The fourth-order valence-corrected chi connectivity index (χ4v) is 4.97. The number of fused-ring (bicyclic) bond motifs is 1. The molecule has 0 radical (unpaired) electrons. The molecule has 0 spiro atoms. The lowest BCUT2D eigenvalue weighted by molar-refractivity contribution is -0.130. The molecular weight excluding hydrogens is 378 g/mol. The van der Waals surface area contributed by atoms with Gasteiger partial charge in [0.2, 0.25) is 5.91 Å². The highest BCUT2D eigenvalue weighted by atomic mass is 32.2. The lowest BCUT2D eigenvalue weighted by Gasteiger charge is -2.30. The summed E-state index contributed by atoms with van der Waals surface area (Å²) < 4.78 is 2.92. The van der Waals surface area contributed by atoms with Crippen LogP contribution in [0, 0.1) is 18.3 Å². The minimum Gasteiger partial charge on any atom is -0.342 e. The highest BCUT2D eigenvalue weighted by molar-refractivity contribution is 8.00. The van der Waals surface area contributed by atoms with Gasteiger partial charge in [-0.05, 0) is 30.9 Å². The van der Waals surface area contributed by atoms with Gasteiger partial charge in [0, 0.05) is 13.1 Å². The zero-order valence-corrected chi connectivity index (χ0v) is 17.0. The number of carbonyl (C=O) groups excluding carboxylic acids is 2. The number of nitrogens with zero attached hydrogens (tertiary/aromatic N) is 3. The van der Waals surface area contributed by atoms with E-state index in [1.807, 2.05) is 33.7 Å². The topological polar surface area (TPSA) is 54.7 Å². The maximum Gasteiger partial charge on any atom is 0.258 e. The third-order valence-corrected chi connectivity index (χ3v) is 6.48. The molecule has 3 rings (SSSR count). The Morgan fingerprint density at radius 2 is 2.19 bits per heavy atom. The fourth-order valence-electron chi connectivity index (χ4n) is 3.22. The van der Waals surface area contributed by atoms with Crippen LogP contribution < -0.4 is 4.80 Å². The fraction of sp³-hybridized carbons (Fsp3) is 0.450. The molecule has 0 bridgehead atoms. The Morgan fingerprint density at radius 1 is 1.37 bits per heavy atom.